The van der Waals surface area contributed by atoms with Crippen molar-refractivity contribution in [3.05, 3.63) is 46.8 Å². The number of methoxy groups -OCH3 is 2. The van der Waals surface area contributed by atoms with Crippen LogP contribution >= 0.6 is 0 Å². The summed E-state index contributed by atoms with van der Waals surface area (Å²) < 4.78 is 13.0. The fraction of sp³-hybridized carbons (Fsp3) is 0.450. The van der Waals surface area contributed by atoms with Crippen LogP contribution in [0.1, 0.15) is 47.6 Å². The predicted octanol–water partition coefficient (Wildman–Crippen LogP) is 4.02. The second kappa shape index (κ2) is 6.00. The molecule has 2 aromatic rings. The Labute approximate surface area is 143 Å². The number of carbonyl (C=O) groups is 1. The first kappa shape index (κ1) is 16.6. The summed E-state index contributed by atoms with van der Waals surface area (Å²) in [5, 5.41) is 0. The summed E-state index contributed by atoms with van der Waals surface area (Å²) in [5.41, 5.74) is 4.33. The highest BCUT2D eigenvalue weighted by Crippen LogP contribution is 2.37. The lowest BCUT2D eigenvalue weighted by molar-refractivity contribution is 0.0910. The van der Waals surface area contributed by atoms with Crippen LogP contribution in [0, 0.1) is 12.3 Å². The number of ether oxygens (including phenoxy) is 2. The van der Waals surface area contributed by atoms with Gasteiger partial charge in [-0.2, -0.15) is 0 Å². The standard InChI is InChI=1S/C20H25NO3/c1-13-8-15-16(10-20(2,3)11-17(15)22)21(13)12-14-6-7-18(23-4)19(9-14)24-5/h6-9H,10-12H2,1-5H3. The Hall–Kier alpha value is -2.23. The highest BCUT2D eigenvalue weighted by molar-refractivity contribution is 5.99. The number of hydrogen-bond acceptors (Lipinski definition) is 3. The summed E-state index contributed by atoms with van der Waals surface area (Å²) >= 11 is 0. The third-order valence-corrected chi connectivity index (χ3v) is 4.79. The number of carbonyl (C=O) groups excluding carboxylic acids is 1. The van der Waals surface area contributed by atoms with E-state index >= 15 is 0 Å². The minimum atomic E-state index is 0.0181. The minimum Gasteiger partial charge on any atom is -0.493 e. The molecule has 0 atom stereocenters. The molecule has 3 rings (SSSR count). The second-order valence-electron chi connectivity index (χ2n) is 7.36. The summed E-state index contributed by atoms with van der Waals surface area (Å²) in [6.07, 6.45) is 1.55. The van der Waals surface area contributed by atoms with Crippen LogP contribution in [0.2, 0.25) is 0 Å². The monoisotopic (exact) mass is 327 g/mol. The molecule has 0 spiro atoms. The van der Waals surface area contributed by atoms with Crippen molar-refractivity contribution in [2.45, 2.75) is 40.2 Å². The predicted molar refractivity (Wildman–Crippen MR) is 94.2 cm³/mol. The molecule has 1 aliphatic carbocycles. The van der Waals surface area contributed by atoms with Crippen LogP contribution < -0.4 is 9.47 Å². The SMILES string of the molecule is COc1ccc(Cn2c(C)cc3c2CC(C)(C)CC3=O)cc1OC. The van der Waals surface area contributed by atoms with E-state index in [4.69, 9.17) is 9.47 Å². The van der Waals surface area contributed by atoms with Crippen LogP contribution in [-0.2, 0) is 13.0 Å². The smallest absolute Gasteiger partial charge is 0.165 e. The zero-order valence-corrected chi connectivity index (χ0v) is 15.1. The number of benzene rings is 1. The number of aryl methyl sites for hydroxylation is 1. The quantitative estimate of drug-likeness (QED) is 0.851. The summed E-state index contributed by atoms with van der Waals surface area (Å²) in [7, 11) is 3.28. The first-order valence-corrected chi connectivity index (χ1v) is 8.28. The van der Waals surface area contributed by atoms with Crippen molar-refractivity contribution >= 4 is 5.78 Å². The summed E-state index contributed by atoms with van der Waals surface area (Å²) in [6, 6.07) is 8.01. The lowest BCUT2D eigenvalue weighted by Gasteiger charge is -2.30. The highest BCUT2D eigenvalue weighted by atomic mass is 16.5. The number of hydrogen-bond donors (Lipinski definition) is 0. The van der Waals surface area contributed by atoms with Gasteiger partial charge in [-0.05, 0) is 42.5 Å². The molecule has 1 aromatic carbocycles. The van der Waals surface area contributed by atoms with Gasteiger partial charge in [0, 0.05) is 29.9 Å². The molecule has 1 aliphatic rings. The lowest BCUT2D eigenvalue weighted by atomic mass is 9.76. The first-order valence-electron chi connectivity index (χ1n) is 8.28. The number of ketones is 1. The molecule has 0 unspecified atom stereocenters. The largest absolute Gasteiger partial charge is 0.493 e. The van der Waals surface area contributed by atoms with E-state index in [1.54, 1.807) is 14.2 Å². The maximum Gasteiger partial charge on any atom is 0.165 e. The molecule has 0 radical (unpaired) electrons. The van der Waals surface area contributed by atoms with Crippen molar-refractivity contribution in [2.24, 2.45) is 5.41 Å². The molecular formula is C20H25NO3. The van der Waals surface area contributed by atoms with Gasteiger partial charge < -0.3 is 14.0 Å². The van der Waals surface area contributed by atoms with E-state index in [1.807, 2.05) is 24.3 Å². The van der Waals surface area contributed by atoms with Crippen LogP contribution in [0.4, 0.5) is 0 Å². The van der Waals surface area contributed by atoms with Crippen molar-refractivity contribution in [3.8, 4) is 11.5 Å². The van der Waals surface area contributed by atoms with Gasteiger partial charge in [0.15, 0.2) is 17.3 Å². The zero-order chi connectivity index (χ0) is 17.5. The van der Waals surface area contributed by atoms with Crippen molar-refractivity contribution in [2.75, 3.05) is 14.2 Å². The molecule has 0 bridgehead atoms. The lowest BCUT2D eigenvalue weighted by Crippen LogP contribution is -2.28. The van der Waals surface area contributed by atoms with Crippen LogP contribution in [0.3, 0.4) is 0 Å². The Balaban J connectivity index is 1.99. The van der Waals surface area contributed by atoms with Gasteiger partial charge in [-0.1, -0.05) is 19.9 Å². The van der Waals surface area contributed by atoms with E-state index < -0.39 is 0 Å². The van der Waals surface area contributed by atoms with Crippen molar-refractivity contribution in [1.82, 2.24) is 4.57 Å². The number of fused-ring (bicyclic) bond motifs is 1. The van der Waals surface area contributed by atoms with Crippen LogP contribution in [0.25, 0.3) is 0 Å². The molecule has 24 heavy (non-hydrogen) atoms. The van der Waals surface area contributed by atoms with Gasteiger partial charge in [-0.15, -0.1) is 0 Å². The van der Waals surface area contributed by atoms with Gasteiger partial charge in [0.2, 0.25) is 0 Å². The van der Waals surface area contributed by atoms with Gasteiger partial charge in [0.25, 0.3) is 0 Å². The fourth-order valence-corrected chi connectivity index (χ4v) is 3.59. The Kier molecular flexibility index (Phi) is 4.16. The Morgan fingerprint density at radius 1 is 1.08 bits per heavy atom. The number of nitrogens with zero attached hydrogens (tertiary/aromatic N) is 1. The Morgan fingerprint density at radius 2 is 1.79 bits per heavy atom. The van der Waals surface area contributed by atoms with Gasteiger partial charge in [-0.3, -0.25) is 4.79 Å². The van der Waals surface area contributed by atoms with Gasteiger partial charge in [0.05, 0.1) is 14.2 Å². The van der Waals surface area contributed by atoms with Crippen molar-refractivity contribution < 1.29 is 14.3 Å². The van der Waals surface area contributed by atoms with E-state index in [-0.39, 0.29) is 11.2 Å². The van der Waals surface area contributed by atoms with Gasteiger partial charge >= 0.3 is 0 Å². The molecule has 4 heteroatoms. The van der Waals surface area contributed by atoms with Crippen LogP contribution in [-0.4, -0.2) is 24.6 Å². The van der Waals surface area contributed by atoms with Gasteiger partial charge in [-0.25, -0.2) is 0 Å². The molecule has 0 aliphatic heterocycles. The van der Waals surface area contributed by atoms with Crippen LogP contribution in [0.15, 0.2) is 24.3 Å². The fourth-order valence-electron chi connectivity index (χ4n) is 3.59. The third-order valence-electron chi connectivity index (χ3n) is 4.79. The van der Waals surface area contributed by atoms with E-state index in [9.17, 15) is 4.79 Å². The maximum atomic E-state index is 12.5. The van der Waals surface area contributed by atoms with Crippen molar-refractivity contribution in [3.63, 3.8) is 0 Å². The van der Waals surface area contributed by atoms with Crippen LogP contribution in [0.5, 0.6) is 11.5 Å². The highest BCUT2D eigenvalue weighted by Gasteiger charge is 2.33. The van der Waals surface area contributed by atoms with Gasteiger partial charge in [0.1, 0.15) is 0 Å². The second-order valence-corrected chi connectivity index (χ2v) is 7.36. The molecule has 0 fully saturated rings. The minimum absolute atomic E-state index is 0.0181. The van der Waals surface area contributed by atoms with E-state index in [2.05, 4.69) is 25.3 Å². The van der Waals surface area contributed by atoms with E-state index in [0.29, 0.717) is 6.42 Å². The van der Waals surface area contributed by atoms with Crippen molar-refractivity contribution in [1.29, 1.82) is 0 Å². The molecule has 0 N–H and O–H groups in total. The average molecular weight is 327 g/mol. The topological polar surface area (TPSA) is 40.5 Å². The van der Waals surface area contributed by atoms with E-state index in [0.717, 1.165) is 47.0 Å². The molecular weight excluding hydrogens is 302 g/mol. The van der Waals surface area contributed by atoms with E-state index in [1.165, 1.54) is 0 Å². The molecule has 0 saturated heterocycles. The first-order chi connectivity index (χ1) is 11.3. The normalized spacial score (nSPS) is 16.0. The molecule has 0 saturated carbocycles. The molecule has 4 nitrogen and oxygen atoms in total. The molecule has 1 heterocycles. The molecule has 128 valence electrons. The summed E-state index contributed by atoms with van der Waals surface area (Å²) in [4.78, 5) is 12.5. The number of aromatic nitrogens is 1. The number of Topliss-reactive ketones (excluding diaryl/α,β-unsaturated/α-hetero) is 1. The average Bonchev–Trinajstić information content (AvgIpc) is 2.83. The molecule has 1 aromatic heterocycles. The Bertz CT molecular complexity index is 786. The third kappa shape index (κ3) is 2.93. The summed E-state index contributed by atoms with van der Waals surface area (Å²) in [6.45, 7) is 7.12. The summed E-state index contributed by atoms with van der Waals surface area (Å²) in [5.74, 6) is 1.71. The zero-order valence-electron chi connectivity index (χ0n) is 15.1. The maximum absolute atomic E-state index is 12.5. The molecule has 0 amide bonds. The Morgan fingerprint density at radius 3 is 2.46 bits per heavy atom. The number of rotatable bonds is 4.